The fourth-order valence-electron chi connectivity index (χ4n) is 1.47. The number of nitrogens with one attached hydrogen (secondary N) is 2. The van der Waals surface area contributed by atoms with Gasteiger partial charge >= 0.3 is 0 Å². The smallest absolute Gasteiger partial charge is 0.0933 e. The molecule has 1 aliphatic heterocycles. The molecule has 2 atom stereocenters. The van der Waals surface area contributed by atoms with Crippen molar-refractivity contribution >= 4 is 0 Å². The van der Waals surface area contributed by atoms with Gasteiger partial charge < -0.3 is 20.1 Å². The second-order valence-electron chi connectivity index (χ2n) is 4.44. The first-order chi connectivity index (χ1) is 7.18. The summed E-state index contributed by atoms with van der Waals surface area (Å²) in [5.74, 6) is 0. The van der Waals surface area contributed by atoms with Crippen LogP contribution in [0.25, 0.3) is 0 Å². The van der Waals surface area contributed by atoms with Gasteiger partial charge in [0.2, 0.25) is 0 Å². The molecule has 2 N–H and O–H groups in total. The lowest BCUT2D eigenvalue weighted by Gasteiger charge is -2.25. The van der Waals surface area contributed by atoms with E-state index in [1.165, 1.54) is 0 Å². The Balaban J connectivity index is 2.02. The third-order valence-electron chi connectivity index (χ3n) is 2.41. The van der Waals surface area contributed by atoms with Crippen LogP contribution in [0.1, 0.15) is 20.8 Å². The molecule has 90 valence electrons. The molecular formula is C11H24N2O2. The summed E-state index contributed by atoms with van der Waals surface area (Å²) in [6.45, 7) is 10.5. The molecule has 0 radical (unpaired) electrons. The van der Waals surface area contributed by atoms with Crippen LogP contribution >= 0.6 is 0 Å². The summed E-state index contributed by atoms with van der Waals surface area (Å²) in [5, 5.41) is 6.84. The standard InChI is InChI=1S/C11H24N2O2/c1-9(2)12-6-10(3)13-7-11-8-14-4-5-15-11/h9-13H,4-8H2,1-3H3. The Morgan fingerprint density at radius 3 is 2.60 bits per heavy atom. The third-order valence-corrected chi connectivity index (χ3v) is 2.41. The van der Waals surface area contributed by atoms with Gasteiger partial charge in [0.1, 0.15) is 0 Å². The Hall–Kier alpha value is -0.160. The van der Waals surface area contributed by atoms with E-state index in [1.807, 2.05) is 0 Å². The highest BCUT2D eigenvalue weighted by molar-refractivity contribution is 4.70. The average Bonchev–Trinajstić information content (AvgIpc) is 2.25. The van der Waals surface area contributed by atoms with Crippen LogP contribution in [0.4, 0.5) is 0 Å². The molecule has 0 aromatic rings. The summed E-state index contributed by atoms with van der Waals surface area (Å²) in [6.07, 6.45) is 0.222. The zero-order chi connectivity index (χ0) is 11.1. The highest BCUT2D eigenvalue weighted by Crippen LogP contribution is 1.99. The van der Waals surface area contributed by atoms with Gasteiger partial charge in [0.25, 0.3) is 0 Å². The molecular weight excluding hydrogens is 192 g/mol. The SMILES string of the molecule is CC(C)NCC(C)NCC1COCCO1. The Morgan fingerprint density at radius 2 is 2.00 bits per heavy atom. The molecule has 0 aromatic heterocycles. The summed E-state index contributed by atoms with van der Waals surface area (Å²) in [6, 6.07) is 1.02. The van der Waals surface area contributed by atoms with Crippen molar-refractivity contribution in [2.24, 2.45) is 0 Å². The van der Waals surface area contributed by atoms with Crippen molar-refractivity contribution < 1.29 is 9.47 Å². The number of ether oxygens (including phenoxy) is 2. The highest BCUT2D eigenvalue weighted by Gasteiger charge is 2.14. The monoisotopic (exact) mass is 216 g/mol. The van der Waals surface area contributed by atoms with Crippen molar-refractivity contribution in [2.75, 3.05) is 32.9 Å². The molecule has 0 aliphatic carbocycles. The molecule has 0 spiro atoms. The molecule has 0 saturated carbocycles. The van der Waals surface area contributed by atoms with Gasteiger partial charge in [-0.15, -0.1) is 0 Å². The Bertz CT molecular complexity index is 159. The maximum atomic E-state index is 5.55. The fourth-order valence-corrected chi connectivity index (χ4v) is 1.47. The van der Waals surface area contributed by atoms with Crippen LogP contribution in [-0.2, 0) is 9.47 Å². The molecule has 0 amide bonds. The second kappa shape index (κ2) is 7.17. The van der Waals surface area contributed by atoms with Crippen LogP contribution in [0.15, 0.2) is 0 Å². The molecule has 1 rings (SSSR count). The largest absolute Gasteiger partial charge is 0.376 e. The maximum Gasteiger partial charge on any atom is 0.0933 e. The minimum Gasteiger partial charge on any atom is -0.376 e. The van der Waals surface area contributed by atoms with Crippen molar-refractivity contribution in [2.45, 2.75) is 39.0 Å². The summed E-state index contributed by atoms with van der Waals surface area (Å²) >= 11 is 0. The van der Waals surface area contributed by atoms with Gasteiger partial charge in [-0.2, -0.15) is 0 Å². The van der Waals surface area contributed by atoms with Crippen LogP contribution in [0.2, 0.25) is 0 Å². The Morgan fingerprint density at radius 1 is 1.20 bits per heavy atom. The molecule has 1 aliphatic rings. The maximum absolute atomic E-state index is 5.55. The summed E-state index contributed by atoms with van der Waals surface area (Å²) in [4.78, 5) is 0. The molecule has 1 heterocycles. The lowest BCUT2D eigenvalue weighted by molar-refractivity contribution is -0.0869. The molecule has 2 unspecified atom stereocenters. The quantitative estimate of drug-likeness (QED) is 0.673. The molecule has 1 saturated heterocycles. The van der Waals surface area contributed by atoms with Gasteiger partial charge in [-0.1, -0.05) is 13.8 Å². The van der Waals surface area contributed by atoms with Gasteiger partial charge in [0.15, 0.2) is 0 Å². The first-order valence-electron chi connectivity index (χ1n) is 5.84. The normalized spacial score (nSPS) is 24.4. The number of hydrogen-bond acceptors (Lipinski definition) is 4. The molecule has 1 fully saturated rings. The molecule has 15 heavy (non-hydrogen) atoms. The van der Waals surface area contributed by atoms with Crippen LogP contribution in [0.3, 0.4) is 0 Å². The second-order valence-corrected chi connectivity index (χ2v) is 4.44. The van der Waals surface area contributed by atoms with E-state index in [4.69, 9.17) is 9.47 Å². The predicted octanol–water partition coefficient (Wildman–Crippen LogP) is 0.378. The van der Waals surface area contributed by atoms with Crippen molar-refractivity contribution in [3.05, 3.63) is 0 Å². The van der Waals surface area contributed by atoms with E-state index in [9.17, 15) is 0 Å². The number of hydrogen-bond donors (Lipinski definition) is 2. The predicted molar refractivity (Wildman–Crippen MR) is 61.2 cm³/mol. The number of rotatable bonds is 6. The van der Waals surface area contributed by atoms with E-state index in [1.54, 1.807) is 0 Å². The topological polar surface area (TPSA) is 42.5 Å². The minimum atomic E-state index is 0.222. The lowest BCUT2D eigenvalue weighted by Crippen LogP contribution is -2.44. The highest BCUT2D eigenvalue weighted by atomic mass is 16.6. The van der Waals surface area contributed by atoms with E-state index < -0.39 is 0 Å². The van der Waals surface area contributed by atoms with Gasteiger partial charge in [-0.05, 0) is 6.92 Å². The van der Waals surface area contributed by atoms with Gasteiger partial charge in [0, 0.05) is 25.2 Å². The van der Waals surface area contributed by atoms with Crippen molar-refractivity contribution in [3.63, 3.8) is 0 Å². The summed E-state index contributed by atoms with van der Waals surface area (Å²) < 4.78 is 10.9. The zero-order valence-corrected chi connectivity index (χ0v) is 10.1. The van der Waals surface area contributed by atoms with E-state index in [0.717, 1.165) is 32.9 Å². The zero-order valence-electron chi connectivity index (χ0n) is 10.1. The van der Waals surface area contributed by atoms with Gasteiger partial charge in [0.05, 0.1) is 25.9 Å². The molecule has 0 aromatic carbocycles. The van der Waals surface area contributed by atoms with Crippen LogP contribution in [0, 0.1) is 0 Å². The van der Waals surface area contributed by atoms with Crippen LogP contribution in [-0.4, -0.2) is 51.1 Å². The van der Waals surface area contributed by atoms with Crippen LogP contribution in [0.5, 0.6) is 0 Å². The van der Waals surface area contributed by atoms with E-state index in [2.05, 4.69) is 31.4 Å². The van der Waals surface area contributed by atoms with Crippen molar-refractivity contribution in [3.8, 4) is 0 Å². The van der Waals surface area contributed by atoms with E-state index in [0.29, 0.717) is 12.1 Å². The fraction of sp³-hybridized carbons (Fsp3) is 1.00. The Labute approximate surface area is 92.7 Å². The minimum absolute atomic E-state index is 0.222. The first kappa shape index (κ1) is 12.9. The molecule has 0 bridgehead atoms. The van der Waals surface area contributed by atoms with E-state index >= 15 is 0 Å². The third kappa shape index (κ3) is 6.10. The van der Waals surface area contributed by atoms with Crippen molar-refractivity contribution in [1.82, 2.24) is 10.6 Å². The lowest BCUT2D eigenvalue weighted by atomic mass is 10.2. The van der Waals surface area contributed by atoms with E-state index in [-0.39, 0.29) is 6.10 Å². The first-order valence-corrected chi connectivity index (χ1v) is 5.84. The summed E-state index contributed by atoms with van der Waals surface area (Å²) in [5.41, 5.74) is 0. The molecule has 4 nitrogen and oxygen atoms in total. The summed E-state index contributed by atoms with van der Waals surface area (Å²) in [7, 11) is 0. The Kier molecular flexibility index (Phi) is 6.17. The van der Waals surface area contributed by atoms with Crippen LogP contribution < -0.4 is 10.6 Å². The van der Waals surface area contributed by atoms with Gasteiger partial charge in [-0.25, -0.2) is 0 Å². The molecule has 4 heteroatoms. The van der Waals surface area contributed by atoms with Gasteiger partial charge in [-0.3, -0.25) is 0 Å². The average molecular weight is 216 g/mol. The van der Waals surface area contributed by atoms with Crippen molar-refractivity contribution in [1.29, 1.82) is 0 Å².